The highest BCUT2D eigenvalue weighted by molar-refractivity contribution is 7.89. The summed E-state index contributed by atoms with van der Waals surface area (Å²) >= 11 is 6.11. The number of hydrogen-bond donors (Lipinski definition) is 1. The van der Waals surface area contributed by atoms with E-state index in [9.17, 15) is 13.2 Å². The smallest absolute Gasteiger partial charge is 0.250 e. The van der Waals surface area contributed by atoms with Crippen LogP contribution < -0.4 is 5.32 Å². The van der Waals surface area contributed by atoms with Gasteiger partial charge in [0.15, 0.2) is 0 Å². The van der Waals surface area contributed by atoms with Crippen molar-refractivity contribution in [3.63, 3.8) is 0 Å². The first-order chi connectivity index (χ1) is 15.4. The molecule has 1 aliphatic carbocycles. The van der Waals surface area contributed by atoms with E-state index in [0.717, 1.165) is 31.8 Å². The summed E-state index contributed by atoms with van der Waals surface area (Å²) in [5, 5.41) is 3.28. The van der Waals surface area contributed by atoms with Crippen LogP contribution in [0.1, 0.15) is 44.9 Å². The highest BCUT2D eigenvalue weighted by Crippen LogP contribution is 2.27. The van der Waals surface area contributed by atoms with Gasteiger partial charge < -0.3 is 15.0 Å². The molecular formula is C23H34ClN3O4S. The Morgan fingerprint density at radius 2 is 1.78 bits per heavy atom. The summed E-state index contributed by atoms with van der Waals surface area (Å²) in [7, 11) is -3.78. The van der Waals surface area contributed by atoms with Crippen molar-refractivity contribution >= 4 is 27.5 Å². The zero-order valence-electron chi connectivity index (χ0n) is 18.5. The van der Waals surface area contributed by atoms with Crippen LogP contribution >= 0.6 is 11.6 Å². The molecule has 0 aromatic heterocycles. The van der Waals surface area contributed by atoms with Crippen LogP contribution in [0.25, 0.3) is 0 Å². The van der Waals surface area contributed by atoms with Crippen LogP contribution in [-0.4, -0.2) is 75.0 Å². The molecule has 2 saturated heterocycles. The summed E-state index contributed by atoms with van der Waals surface area (Å²) in [6, 6.07) is 6.49. The van der Waals surface area contributed by atoms with Crippen molar-refractivity contribution in [1.29, 1.82) is 0 Å². The monoisotopic (exact) mass is 483 g/mol. The van der Waals surface area contributed by atoms with Gasteiger partial charge in [-0.05, 0) is 43.7 Å². The van der Waals surface area contributed by atoms with E-state index in [4.69, 9.17) is 16.3 Å². The average molecular weight is 484 g/mol. The Hall–Kier alpha value is -1.19. The number of morpholine rings is 1. The maximum absolute atomic E-state index is 13.0. The van der Waals surface area contributed by atoms with E-state index >= 15 is 0 Å². The number of hydrogen-bond acceptors (Lipinski definition) is 5. The summed E-state index contributed by atoms with van der Waals surface area (Å²) < 4.78 is 33.0. The minimum atomic E-state index is -3.78. The maximum atomic E-state index is 13.0. The second-order valence-electron chi connectivity index (χ2n) is 9.24. The van der Waals surface area contributed by atoms with Gasteiger partial charge in [-0.1, -0.05) is 43.0 Å². The number of amides is 1. The van der Waals surface area contributed by atoms with Gasteiger partial charge in [0, 0.05) is 38.8 Å². The topological polar surface area (TPSA) is 79.0 Å². The third-order valence-corrected chi connectivity index (χ3v) is 9.32. The second-order valence-corrected chi connectivity index (χ2v) is 11.6. The Morgan fingerprint density at radius 3 is 2.50 bits per heavy atom. The summed E-state index contributed by atoms with van der Waals surface area (Å²) in [5.41, 5.74) is 0. The quantitative estimate of drug-likeness (QED) is 0.673. The van der Waals surface area contributed by atoms with Gasteiger partial charge in [-0.2, -0.15) is 4.31 Å². The van der Waals surface area contributed by atoms with E-state index in [1.165, 1.54) is 49.0 Å². The SMILES string of the molecule is O=C(NC1CCN(CC2CCCCC2)CC1)[C@H]1CN(S(=O)(=O)c2ccccc2Cl)CCO1. The van der Waals surface area contributed by atoms with E-state index in [0.29, 0.717) is 0 Å². The molecule has 7 nitrogen and oxygen atoms in total. The number of carbonyl (C=O) groups excluding carboxylic acids is 1. The van der Waals surface area contributed by atoms with Crippen LogP contribution in [0.3, 0.4) is 0 Å². The molecule has 2 aliphatic heterocycles. The molecule has 32 heavy (non-hydrogen) atoms. The molecule has 0 radical (unpaired) electrons. The number of halogens is 1. The number of benzene rings is 1. The van der Waals surface area contributed by atoms with Crippen LogP contribution in [0.5, 0.6) is 0 Å². The molecule has 0 unspecified atom stereocenters. The van der Waals surface area contributed by atoms with Crippen LogP contribution in [-0.2, 0) is 19.6 Å². The number of likely N-dealkylation sites (tertiary alicyclic amines) is 1. The first-order valence-electron chi connectivity index (χ1n) is 11.8. The maximum Gasteiger partial charge on any atom is 0.250 e. The highest BCUT2D eigenvalue weighted by Gasteiger charge is 2.36. The molecule has 9 heteroatoms. The van der Waals surface area contributed by atoms with Crippen LogP contribution in [0.2, 0.25) is 5.02 Å². The molecule has 3 fully saturated rings. The summed E-state index contributed by atoms with van der Waals surface area (Å²) in [5.74, 6) is 0.603. The zero-order chi connectivity index (χ0) is 22.6. The third-order valence-electron chi connectivity index (χ3n) is 6.95. The van der Waals surface area contributed by atoms with Gasteiger partial charge in [0.25, 0.3) is 5.91 Å². The molecule has 0 bridgehead atoms. The Labute approximate surface area is 196 Å². The molecule has 1 amide bonds. The lowest BCUT2D eigenvalue weighted by Crippen LogP contribution is -2.54. The lowest BCUT2D eigenvalue weighted by atomic mass is 9.88. The van der Waals surface area contributed by atoms with Gasteiger partial charge in [-0.3, -0.25) is 4.79 Å². The van der Waals surface area contributed by atoms with Gasteiger partial charge in [0.1, 0.15) is 11.0 Å². The van der Waals surface area contributed by atoms with E-state index in [2.05, 4.69) is 10.2 Å². The minimum absolute atomic E-state index is 0.0000845. The predicted molar refractivity (Wildman–Crippen MR) is 124 cm³/mol. The summed E-state index contributed by atoms with van der Waals surface area (Å²) in [6.07, 6.45) is 7.85. The van der Waals surface area contributed by atoms with Crippen molar-refractivity contribution in [2.45, 2.75) is 62.0 Å². The van der Waals surface area contributed by atoms with Crippen molar-refractivity contribution in [2.75, 3.05) is 39.3 Å². The van der Waals surface area contributed by atoms with E-state index in [1.807, 2.05) is 0 Å². The molecule has 0 spiro atoms. The lowest BCUT2D eigenvalue weighted by Gasteiger charge is -2.36. The second kappa shape index (κ2) is 10.8. The zero-order valence-corrected chi connectivity index (χ0v) is 20.1. The van der Waals surface area contributed by atoms with E-state index < -0.39 is 16.1 Å². The number of piperidine rings is 1. The fourth-order valence-electron chi connectivity index (χ4n) is 5.08. The third kappa shape index (κ3) is 5.83. The number of sulfonamides is 1. The standard InChI is InChI=1S/C23H34ClN3O4S/c24-20-8-4-5-9-22(20)32(29,30)27-14-15-31-21(17-27)23(28)25-19-10-12-26(13-11-19)16-18-6-2-1-3-7-18/h4-5,8-9,18-19,21H,1-3,6-7,10-17H2,(H,25,28)/t21-/m1/s1. The van der Waals surface area contributed by atoms with Crippen molar-refractivity contribution in [2.24, 2.45) is 5.92 Å². The predicted octanol–water partition coefficient (Wildman–Crippen LogP) is 2.89. The number of rotatable bonds is 6. The molecule has 178 valence electrons. The molecule has 4 rings (SSSR count). The summed E-state index contributed by atoms with van der Waals surface area (Å²) in [4.78, 5) is 15.4. The van der Waals surface area contributed by atoms with Crippen LogP contribution in [0.15, 0.2) is 29.2 Å². The molecule has 1 aromatic carbocycles. The number of carbonyl (C=O) groups is 1. The molecule has 1 aromatic rings. The Kier molecular flexibility index (Phi) is 8.10. The number of nitrogens with zero attached hydrogens (tertiary/aromatic N) is 2. The first kappa shape index (κ1) is 24.0. The van der Waals surface area contributed by atoms with Crippen molar-refractivity contribution in [3.05, 3.63) is 29.3 Å². The van der Waals surface area contributed by atoms with Crippen LogP contribution in [0, 0.1) is 5.92 Å². The van der Waals surface area contributed by atoms with Crippen molar-refractivity contribution in [1.82, 2.24) is 14.5 Å². The molecule has 2 heterocycles. The summed E-state index contributed by atoms with van der Waals surface area (Å²) in [6.45, 7) is 3.57. The molecular weight excluding hydrogens is 450 g/mol. The first-order valence-corrected chi connectivity index (χ1v) is 13.6. The van der Waals surface area contributed by atoms with E-state index in [1.54, 1.807) is 18.2 Å². The van der Waals surface area contributed by atoms with Crippen molar-refractivity contribution in [3.8, 4) is 0 Å². The van der Waals surface area contributed by atoms with Crippen molar-refractivity contribution < 1.29 is 17.9 Å². The fourth-order valence-corrected chi connectivity index (χ4v) is 7.00. The Bertz CT molecular complexity index is 883. The van der Waals surface area contributed by atoms with Gasteiger partial charge >= 0.3 is 0 Å². The minimum Gasteiger partial charge on any atom is -0.366 e. The Morgan fingerprint density at radius 1 is 1.06 bits per heavy atom. The van der Waals surface area contributed by atoms with Crippen LogP contribution in [0.4, 0.5) is 0 Å². The number of nitrogens with one attached hydrogen (secondary N) is 1. The fraction of sp³-hybridized carbons (Fsp3) is 0.696. The van der Waals surface area contributed by atoms with Gasteiger partial charge in [-0.25, -0.2) is 8.42 Å². The molecule has 1 atom stereocenters. The largest absolute Gasteiger partial charge is 0.366 e. The Balaban J connectivity index is 1.27. The van der Waals surface area contributed by atoms with Gasteiger partial charge in [-0.15, -0.1) is 0 Å². The average Bonchev–Trinajstić information content (AvgIpc) is 2.81. The van der Waals surface area contributed by atoms with Gasteiger partial charge in [0.05, 0.1) is 11.6 Å². The molecule has 3 aliphatic rings. The van der Waals surface area contributed by atoms with E-state index in [-0.39, 0.29) is 41.6 Å². The molecule has 1 N–H and O–H groups in total. The lowest BCUT2D eigenvalue weighted by molar-refractivity contribution is -0.137. The van der Waals surface area contributed by atoms with Gasteiger partial charge in [0.2, 0.25) is 10.0 Å². The highest BCUT2D eigenvalue weighted by atomic mass is 35.5. The number of ether oxygens (including phenoxy) is 1. The molecule has 1 saturated carbocycles. The normalized spacial score (nSPS) is 25.0.